The normalized spacial score (nSPS) is 13.1. The van der Waals surface area contributed by atoms with Crippen molar-refractivity contribution in [3.63, 3.8) is 0 Å². The molecular weight excluding hydrogens is 343 g/mol. The van der Waals surface area contributed by atoms with E-state index in [0.29, 0.717) is 13.2 Å². The van der Waals surface area contributed by atoms with Crippen molar-refractivity contribution >= 4 is 7.82 Å². The van der Waals surface area contributed by atoms with E-state index in [-0.39, 0.29) is 24.0 Å². The zero-order chi connectivity index (χ0) is 19.1. The van der Waals surface area contributed by atoms with Crippen molar-refractivity contribution in [2.75, 3.05) is 26.4 Å². The number of hydrogen-bond acceptors (Lipinski definition) is 4. The van der Waals surface area contributed by atoms with E-state index in [2.05, 4.69) is 51.3 Å². The SMILES string of the molecule is CC(C)(C)CC(C)(C)c1ccc(OCCOCCOP(=O)(O)O)cc1. The fraction of sp³-hybridized carbons (Fsp3) is 0.667. The molecule has 25 heavy (non-hydrogen) atoms. The molecule has 0 atom stereocenters. The van der Waals surface area contributed by atoms with Crippen LogP contribution in [-0.2, 0) is 19.2 Å². The van der Waals surface area contributed by atoms with Crippen molar-refractivity contribution in [2.45, 2.75) is 46.5 Å². The molecule has 0 aliphatic carbocycles. The van der Waals surface area contributed by atoms with Gasteiger partial charge in [-0.05, 0) is 34.9 Å². The number of hydrogen-bond donors (Lipinski definition) is 2. The standard InChI is InChI=1S/C18H31O6P/c1-17(2,3)14-18(4,5)15-6-8-16(9-7-15)23-12-10-22-11-13-24-25(19,20)21/h6-9H,10-14H2,1-5H3,(H2,19,20,21). The van der Waals surface area contributed by atoms with Crippen LogP contribution in [0.15, 0.2) is 24.3 Å². The van der Waals surface area contributed by atoms with Gasteiger partial charge in [0.15, 0.2) is 0 Å². The summed E-state index contributed by atoms with van der Waals surface area (Å²) in [7, 11) is -4.41. The van der Waals surface area contributed by atoms with Crippen molar-refractivity contribution in [2.24, 2.45) is 5.41 Å². The van der Waals surface area contributed by atoms with E-state index in [0.717, 1.165) is 12.2 Å². The Labute approximate surface area is 150 Å². The summed E-state index contributed by atoms with van der Waals surface area (Å²) in [5.41, 5.74) is 1.64. The Hall–Kier alpha value is -0.910. The molecule has 6 nitrogen and oxygen atoms in total. The molecule has 0 spiro atoms. The number of phosphoric acid groups is 1. The van der Waals surface area contributed by atoms with Gasteiger partial charge in [-0.15, -0.1) is 0 Å². The molecule has 0 saturated carbocycles. The molecule has 0 aliphatic rings. The second kappa shape index (κ2) is 9.15. The smallest absolute Gasteiger partial charge is 0.469 e. The van der Waals surface area contributed by atoms with Crippen LogP contribution in [0.5, 0.6) is 5.75 Å². The lowest BCUT2D eigenvalue weighted by molar-refractivity contribution is 0.0668. The van der Waals surface area contributed by atoms with E-state index >= 15 is 0 Å². The molecule has 7 heteroatoms. The summed E-state index contributed by atoms with van der Waals surface area (Å²) in [6.45, 7) is 11.9. The average Bonchev–Trinajstić information content (AvgIpc) is 2.43. The van der Waals surface area contributed by atoms with Gasteiger partial charge in [0.1, 0.15) is 12.4 Å². The zero-order valence-corrected chi connectivity index (χ0v) is 16.7. The van der Waals surface area contributed by atoms with Crippen LogP contribution >= 0.6 is 7.82 Å². The minimum atomic E-state index is -4.41. The van der Waals surface area contributed by atoms with Crippen LogP contribution in [0, 0.1) is 5.41 Å². The topological polar surface area (TPSA) is 85.2 Å². The summed E-state index contributed by atoms with van der Waals surface area (Å²) in [6.07, 6.45) is 1.09. The fourth-order valence-corrected chi connectivity index (χ4v) is 3.28. The molecule has 0 aromatic heterocycles. The summed E-state index contributed by atoms with van der Waals surface area (Å²) >= 11 is 0. The molecule has 0 unspecified atom stereocenters. The van der Waals surface area contributed by atoms with Gasteiger partial charge in [0.05, 0.1) is 19.8 Å². The Morgan fingerprint density at radius 1 is 0.920 bits per heavy atom. The van der Waals surface area contributed by atoms with E-state index in [1.807, 2.05) is 12.1 Å². The van der Waals surface area contributed by atoms with Gasteiger partial charge in [0.2, 0.25) is 0 Å². The average molecular weight is 374 g/mol. The first kappa shape index (κ1) is 22.1. The van der Waals surface area contributed by atoms with Crippen molar-refractivity contribution < 1.29 is 28.3 Å². The van der Waals surface area contributed by atoms with Gasteiger partial charge in [0, 0.05) is 0 Å². The number of phosphoric ester groups is 1. The Morgan fingerprint density at radius 2 is 1.48 bits per heavy atom. The lowest BCUT2D eigenvalue weighted by Gasteiger charge is -2.33. The van der Waals surface area contributed by atoms with E-state index < -0.39 is 7.82 Å². The summed E-state index contributed by atoms with van der Waals surface area (Å²) in [4.78, 5) is 17.0. The van der Waals surface area contributed by atoms with Crippen molar-refractivity contribution in [1.82, 2.24) is 0 Å². The van der Waals surface area contributed by atoms with E-state index in [9.17, 15) is 4.57 Å². The predicted molar refractivity (Wildman–Crippen MR) is 97.9 cm³/mol. The van der Waals surface area contributed by atoms with Crippen LogP contribution in [0.3, 0.4) is 0 Å². The van der Waals surface area contributed by atoms with Gasteiger partial charge in [-0.1, -0.05) is 46.8 Å². The first-order chi connectivity index (χ1) is 11.4. The fourth-order valence-electron chi connectivity index (χ4n) is 2.97. The molecule has 0 saturated heterocycles. The Morgan fingerprint density at radius 3 is 2.00 bits per heavy atom. The van der Waals surface area contributed by atoms with Crippen LogP contribution in [0.4, 0.5) is 0 Å². The lowest BCUT2D eigenvalue weighted by atomic mass is 9.72. The number of ether oxygens (including phenoxy) is 2. The van der Waals surface area contributed by atoms with Crippen molar-refractivity contribution in [3.8, 4) is 5.75 Å². The highest BCUT2D eigenvalue weighted by Gasteiger charge is 2.27. The summed E-state index contributed by atoms with van der Waals surface area (Å²) < 4.78 is 25.5. The summed E-state index contributed by atoms with van der Waals surface area (Å²) in [5, 5.41) is 0. The van der Waals surface area contributed by atoms with Crippen molar-refractivity contribution in [1.29, 1.82) is 0 Å². The van der Waals surface area contributed by atoms with Crippen LogP contribution in [0.25, 0.3) is 0 Å². The van der Waals surface area contributed by atoms with Gasteiger partial charge in [-0.2, -0.15) is 0 Å². The maximum atomic E-state index is 10.5. The van der Waals surface area contributed by atoms with Crippen LogP contribution in [0.1, 0.15) is 46.6 Å². The second-order valence-corrected chi connectivity index (χ2v) is 9.17. The maximum Gasteiger partial charge on any atom is 0.469 e. The van der Waals surface area contributed by atoms with Gasteiger partial charge in [-0.25, -0.2) is 4.57 Å². The Kier molecular flexibility index (Phi) is 8.10. The third kappa shape index (κ3) is 9.97. The van der Waals surface area contributed by atoms with Crippen LogP contribution < -0.4 is 4.74 Å². The molecule has 0 amide bonds. The highest BCUT2D eigenvalue weighted by molar-refractivity contribution is 7.46. The Balaban J connectivity index is 2.34. The minimum absolute atomic E-state index is 0.0960. The highest BCUT2D eigenvalue weighted by Crippen LogP contribution is 2.36. The second-order valence-electron chi connectivity index (χ2n) is 7.93. The van der Waals surface area contributed by atoms with Crippen molar-refractivity contribution in [3.05, 3.63) is 29.8 Å². The first-order valence-corrected chi connectivity index (χ1v) is 9.93. The summed E-state index contributed by atoms with van der Waals surface area (Å²) in [6, 6.07) is 8.10. The molecule has 144 valence electrons. The number of benzene rings is 1. The predicted octanol–water partition coefficient (Wildman–Crippen LogP) is 3.91. The molecule has 0 bridgehead atoms. The van der Waals surface area contributed by atoms with E-state index in [4.69, 9.17) is 19.3 Å². The van der Waals surface area contributed by atoms with Gasteiger partial charge < -0.3 is 19.3 Å². The third-order valence-electron chi connectivity index (χ3n) is 3.59. The molecule has 0 heterocycles. The molecular formula is C18H31O6P. The van der Waals surface area contributed by atoms with Gasteiger partial charge >= 0.3 is 7.82 Å². The lowest BCUT2D eigenvalue weighted by Crippen LogP contribution is -2.24. The first-order valence-electron chi connectivity index (χ1n) is 8.40. The molecule has 1 aromatic carbocycles. The molecule has 0 radical (unpaired) electrons. The Bertz CT molecular complexity index is 556. The monoisotopic (exact) mass is 374 g/mol. The third-order valence-corrected chi connectivity index (χ3v) is 4.11. The molecule has 0 fully saturated rings. The largest absolute Gasteiger partial charge is 0.491 e. The minimum Gasteiger partial charge on any atom is -0.491 e. The van der Waals surface area contributed by atoms with Crippen LogP contribution in [0.2, 0.25) is 0 Å². The molecule has 1 aromatic rings. The summed E-state index contributed by atoms with van der Waals surface area (Å²) in [5.74, 6) is 0.769. The van der Waals surface area contributed by atoms with Crippen LogP contribution in [-0.4, -0.2) is 36.2 Å². The molecule has 0 aliphatic heterocycles. The highest BCUT2D eigenvalue weighted by atomic mass is 31.2. The molecule has 2 N–H and O–H groups in total. The molecule has 1 rings (SSSR count). The van der Waals surface area contributed by atoms with E-state index in [1.165, 1.54) is 5.56 Å². The van der Waals surface area contributed by atoms with E-state index in [1.54, 1.807) is 0 Å². The van der Waals surface area contributed by atoms with Gasteiger partial charge in [-0.3, -0.25) is 4.52 Å². The quantitative estimate of drug-likeness (QED) is 0.477. The van der Waals surface area contributed by atoms with Gasteiger partial charge in [0.25, 0.3) is 0 Å². The number of rotatable bonds is 10. The maximum absolute atomic E-state index is 10.5. The zero-order valence-electron chi connectivity index (χ0n) is 15.8.